The van der Waals surface area contributed by atoms with Crippen LogP contribution in [-0.4, -0.2) is 41.0 Å². The third-order valence-corrected chi connectivity index (χ3v) is 4.80. The van der Waals surface area contributed by atoms with Gasteiger partial charge in [0.05, 0.1) is 12.0 Å². The number of ether oxygens (including phenoxy) is 2. The number of ketones is 2. The zero-order valence-corrected chi connectivity index (χ0v) is 18.7. The van der Waals surface area contributed by atoms with Gasteiger partial charge in [-0.05, 0) is 49.2 Å². The van der Waals surface area contributed by atoms with Crippen LogP contribution in [0.25, 0.3) is 0 Å². The normalized spacial score (nSPS) is 10.5. The summed E-state index contributed by atoms with van der Waals surface area (Å²) in [5.74, 6) is -2.31. The van der Waals surface area contributed by atoms with Crippen LogP contribution in [0.4, 0.5) is 4.39 Å². The van der Waals surface area contributed by atoms with E-state index in [1.54, 1.807) is 6.07 Å². The zero-order chi connectivity index (χ0) is 24.5. The summed E-state index contributed by atoms with van der Waals surface area (Å²) < 4.78 is 25.4. The molecule has 0 atom stereocenters. The highest BCUT2D eigenvalue weighted by Gasteiger charge is 2.16. The topological polar surface area (TPSA) is 110 Å². The number of phenols is 1. The summed E-state index contributed by atoms with van der Waals surface area (Å²) in [5.41, 5.74) is 1.33. The second-order valence-electron chi connectivity index (χ2n) is 7.53. The first-order valence-electron chi connectivity index (χ1n) is 10.5. The number of carboxylic acids is 1. The smallest absolute Gasteiger partial charge is 0.303 e. The highest BCUT2D eigenvalue weighted by atomic mass is 19.1. The summed E-state index contributed by atoms with van der Waals surface area (Å²) in [6.45, 7) is 7.16. The molecule has 0 saturated heterocycles. The molecule has 7 nitrogen and oxygen atoms in total. The van der Waals surface area contributed by atoms with Gasteiger partial charge in [0.15, 0.2) is 23.1 Å². The van der Waals surface area contributed by atoms with Gasteiger partial charge in [-0.2, -0.15) is 0 Å². The van der Waals surface area contributed by atoms with E-state index in [9.17, 15) is 23.9 Å². The third kappa shape index (κ3) is 7.17. The molecule has 0 saturated carbocycles. The van der Waals surface area contributed by atoms with Crippen molar-refractivity contribution in [2.75, 3.05) is 13.2 Å². The molecule has 176 valence electrons. The first-order valence-corrected chi connectivity index (χ1v) is 10.5. The first-order chi connectivity index (χ1) is 15.6. The molecule has 0 spiro atoms. The second-order valence-corrected chi connectivity index (χ2v) is 7.53. The molecule has 2 rings (SSSR count). The van der Waals surface area contributed by atoms with Crippen molar-refractivity contribution in [1.29, 1.82) is 0 Å². The lowest BCUT2D eigenvalue weighted by Gasteiger charge is -2.16. The van der Waals surface area contributed by atoms with E-state index in [1.165, 1.54) is 25.1 Å². The molecule has 0 amide bonds. The average molecular weight is 458 g/mol. The summed E-state index contributed by atoms with van der Waals surface area (Å²) in [7, 11) is 0. The molecule has 0 unspecified atom stereocenters. The molecule has 0 aliphatic carbocycles. The van der Waals surface area contributed by atoms with Crippen LogP contribution in [-0.2, 0) is 11.2 Å². The molecule has 0 aromatic heterocycles. The van der Waals surface area contributed by atoms with Crippen LogP contribution < -0.4 is 9.47 Å². The highest BCUT2D eigenvalue weighted by Crippen LogP contribution is 2.33. The van der Waals surface area contributed by atoms with E-state index in [0.29, 0.717) is 23.3 Å². The number of benzene rings is 2. The Balaban J connectivity index is 1.97. The maximum atomic E-state index is 14.3. The Morgan fingerprint density at radius 3 is 2.24 bits per heavy atom. The number of rotatable bonds is 13. The Bertz CT molecular complexity index is 1060. The average Bonchev–Trinajstić information content (AvgIpc) is 2.76. The van der Waals surface area contributed by atoms with Gasteiger partial charge in [-0.3, -0.25) is 14.4 Å². The maximum absolute atomic E-state index is 14.3. The Morgan fingerprint density at radius 2 is 1.67 bits per heavy atom. The molecule has 0 aliphatic heterocycles. The van der Waals surface area contributed by atoms with Gasteiger partial charge in [0, 0.05) is 17.5 Å². The molecule has 2 aromatic rings. The number of halogens is 1. The monoisotopic (exact) mass is 458 g/mol. The zero-order valence-electron chi connectivity index (χ0n) is 18.7. The summed E-state index contributed by atoms with van der Waals surface area (Å²) in [6.07, 6.45) is 0.720. The first kappa shape index (κ1) is 25.6. The fourth-order valence-electron chi connectivity index (χ4n) is 3.09. The largest absolute Gasteiger partial charge is 0.507 e. The van der Waals surface area contributed by atoms with Crippen LogP contribution in [0, 0.1) is 5.82 Å². The van der Waals surface area contributed by atoms with Crippen molar-refractivity contribution in [2.24, 2.45) is 0 Å². The molecule has 33 heavy (non-hydrogen) atoms. The van der Waals surface area contributed by atoms with Crippen LogP contribution in [0.15, 0.2) is 42.5 Å². The van der Waals surface area contributed by atoms with Gasteiger partial charge in [0.2, 0.25) is 0 Å². The number of Topliss-reactive ketones (excluding diaryl/α,β-unsaturated/α-hetero) is 2. The van der Waals surface area contributed by atoms with Crippen molar-refractivity contribution in [3.63, 3.8) is 0 Å². The van der Waals surface area contributed by atoms with Gasteiger partial charge < -0.3 is 19.7 Å². The van der Waals surface area contributed by atoms with Crippen molar-refractivity contribution >= 4 is 17.5 Å². The van der Waals surface area contributed by atoms with Gasteiger partial charge in [0.1, 0.15) is 24.7 Å². The SMILES string of the molecule is C=C(COc1ccc(C(=O)CCC(=O)O)cc1F)COc1ccc(C(C)=O)c(O)c1CCC. The summed E-state index contributed by atoms with van der Waals surface area (Å²) in [5, 5.41) is 19.0. The number of carboxylic acid groups (broad SMARTS) is 1. The van der Waals surface area contributed by atoms with Crippen LogP contribution in [0.3, 0.4) is 0 Å². The lowest BCUT2D eigenvalue weighted by atomic mass is 10.0. The van der Waals surface area contributed by atoms with E-state index in [0.717, 1.165) is 12.5 Å². The summed E-state index contributed by atoms with van der Waals surface area (Å²) in [4.78, 5) is 34.1. The Hall–Kier alpha value is -3.68. The lowest BCUT2D eigenvalue weighted by molar-refractivity contribution is -0.136. The Kier molecular flexibility index (Phi) is 9.15. The molecular weight excluding hydrogens is 431 g/mol. The molecule has 2 aromatic carbocycles. The van der Waals surface area contributed by atoms with E-state index >= 15 is 0 Å². The highest BCUT2D eigenvalue weighted by molar-refractivity contribution is 5.98. The molecular formula is C25H27FO7. The molecule has 2 N–H and O–H groups in total. The Labute approximate surface area is 191 Å². The van der Waals surface area contributed by atoms with Gasteiger partial charge in [-0.15, -0.1) is 0 Å². The summed E-state index contributed by atoms with van der Waals surface area (Å²) >= 11 is 0. The number of carbonyl (C=O) groups is 3. The van der Waals surface area contributed by atoms with Crippen LogP contribution in [0.1, 0.15) is 59.4 Å². The van der Waals surface area contributed by atoms with E-state index in [1.807, 2.05) is 6.92 Å². The van der Waals surface area contributed by atoms with Crippen molar-refractivity contribution < 1.29 is 38.5 Å². The van der Waals surface area contributed by atoms with Gasteiger partial charge >= 0.3 is 5.97 Å². The van der Waals surface area contributed by atoms with E-state index in [4.69, 9.17) is 14.6 Å². The lowest BCUT2D eigenvalue weighted by Crippen LogP contribution is -2.11. The van der Waals surface area contributed by atoms with Gasteiger partial charge in [0.25, 0.3) is 0 Å². The van der Waals surface area contributed by atoms with Gasteiger partial charge in [-0.25, -0.2) is 4.39 Å². The minimum absolute atomic E-state index is 0.0446. The molecule has 0 aliphatic rings. The predicted octanol–water partition coefficient (Wildman–Crippen LogP) is 4.75. The third-order valence-electron chi connectivity index (χ3n) is 4.80. The van der Waals surface area contributed by atoms with Crippen LogP contribution >= 0.6 is 0 Å². The number of hydrogen-bond donors (Lipinski definition) is 2. The molecule has 0 fully saturated rings. The Morgan fingerprint density at radius 1 is 1.03 bits per heavy atom. The fourth-order valence-corrected chi connectivity index (χ4v) is 3.09. The van der Waals surface area contributed by atoms with Crippen LogP contribution in [0.2, 0.25) is 0 Å². The minimum Gasteiger partial charge on any atom is -0.507 e. The van der Waals surface area contributed by atoms with Crippen molar-refractivity contribution in [3.05, 3.63) is 65.0 Å². The van der Waals surface area contributed by atoms with Crippen molar-refractivity contribution in [1.82, 2.24) is 0 Å². The van der Waals surface area contributed by atoms with Crippen molar-refractivity contribution in [3.8, 4) is 17.2 Å². The molecule has 0 radical (unpaired) electrons. The standard InChI is InChI=1S/C25H27FO7/c1-4-5-19-22(10-7-18(16(3)27)25(19)31)32-13-15(2)14-33-23-9-6-17(12-20(23)26)21(28)8-11-24(29)30/h6-7,9-10,12,31H,2,4-5,8,11,13-14H2,1,3H3,(H,29,30). The van der Waals surface area contributed by atoms with Gasteiger partial charge in [-0.1, -0.05) is 19.9 Å². The minimum atomic E-state index is -1.10. The van der Waals surface area contributed by atoms with E-state index in [2.05, 4.69) is 6.58 Å². The maximum Gasteiger partial charge on any atom is 0.303 e. The molecule has 0 heterocycles. The second kappa shape index (κ2) is 11.8. The van der Waals surface area contributed by atoms with E-state index in [-0.39, 0.29) is 54.5 Å². The summed E-state index contributed by atoms with van der Waals surface area (Å²) in [6, 6.07) is 6.80. The molecule has 8 heteroatoms. The number of aromatic hydroxyl groups is 1. The fraction of sp³-hybridized carbons (Fsp3) is 0.320. The van der Waals surface area contributed by atoms with Crippen molar-refractivity contribution in [2.45, 2.75) is 39.5 Å². The number of carbonyl (C=O) groups excluding carboxylic acids is 2. The number of hydrogen-bond acceptors (Lipinski definition) is 6. The number of phenolic OH excluding ortho intramolecular Hbond substituents is 1. The van der Waals surface area contributed by atoms with Crippen LogP contribution in [0.5, 0.6) is 17.2 Å². The quantitative estimate of drug-likeness (QED) is 0.329. The predicted molar refractivity (Wildman–Crippen MR) is 120 cm³/mol. The molecule has 0 bridgehead atoms. The van der Waals surface area contributed by atoms with E-state index < -0.39 is 17.6 Å². The number of aliphatic carboxylic acids is 1.